The van der Waals surface area contributed by atoms with E-state index in [2.05, 4.69) is 157 Å². The van der Waals surface area contributed by atoms with E-state index >= 15 is 0 Å². The van der Waals surface area contributed by atoms with Crippen LogP contribution in [0.1, 0.15) is 88.2 Å². The van der Waals surface area contributed by atoms with E-state index in [9.17, 15) is 0 Å². The summed E-state index contributed by atoms with van der Waals surface area (Å²) in [5.74, 6) is 5.38. The van der Waals surface area contributed by atoms with Gasteiger partial charge in [-0.1, -0.05) is 141 Å². The highest BCUT2D eigenvalue weighted by Crippen LogP contribution is 2.54. The lowest BCUT2D eigenvalue weighted by atomic mass is 9.66. The second-order valence-electron chi connectivity index (χ2n) is 19.5. The van der Waals surface area contributed by atoms with E-state index in [1.54, 1.807) is 27.8 Å². The lowest BCUT2D eigenvalue weighted by molar-refractivity contribution is 0.0582. The molecule has 0 aromatic heterocycles. The first-order valence-electron chi connectivity index (χ1n) is 23.7. The molecule has 0 saturated carbocycles. The van der Waals surface area contributed by atoms with Crippen molar-refractivity contribution in [2.75, 3.05) is 0 Å². The Morgan fingerprint density at radius 3 is 2.63 bits per heavy atom. The zero-order chi connectivity index (χ0) is 39.7. The number of benzene rings is 1. The van der Waals surface area contributed by atoms with Crippen LogP contribution >= 0.6 is 0 Å². The van der Waals surface area contributed by atoms with E-state index in [0.29, 0.717) is 53.4 Å². The van der Waals surface area contributed by atoms with Gasteiger partial charge in [-0.3, -0.25) is 0 Å². The Labute approximate surface area is 358 Å². The average molecular weight is 789 g/mol. The largest absolute Gasteiger partial charge is 0.366 e. The number of allylic oxidation sites excluding steroid dienone is 20. The second-order valence-corrected chi connectivity index (χ2v) is 19.5. The van der Waals surface area contributed by atoms with Crippen LogP contribution in [0.5, 0.6) is 0 Å². The van der Waals surface area contributed by atoms with Gasteiger partial charge in [-0.25, -0.2) is 0 Å². The van der Waals surface area contributed by atoms with Gasteiger partial charge in [-0.2, -0.15) is 0 Å². The van der Waals surface area contributed by atoms with Gasteiger partial charge in [0.1, 0.15) is 5.82 Å². The number of nitrogens with zero attached hydrogens (tertiary/aromatic N) is 1. The molecule has 12 rings (SSSR count). The Balaban J connectivity index is 0.844. The van der Waals surface area contributed by atoms with Gasteiger partial charge < -0.3 is 15.0 Å². The average Bonchev–Trinajstić information content (AvgIpc) is 3.82. The van der Waals surface area contributed by atoms with Gasteiger partial charge >= 0.3 is 0 Å². The van der Waals surface area contributed by atoms with Crippen molar-refractivity contribution in [2.45, 2.75) is 102 Å². The van der Waals surface area contributed by atoms with Crippen LogP contribution in [-0.2, 0) is 11.2 Å². The van der Waals surface area contributed by atoms with E-state index in [0.717, 1.165) is 51.4 Å². The maximum Gasteiger partial charge on any atom is 0.111 e. The third-order valence-corrected chi connectivity index (χ3v) is 16.3. The minimum Gasteiger partial charge on any atom is -0.366 e. The molecule has 1 aromatic carbocycles. The predicted molar refractivity (Wildman–Crippen MR) is 245 cm³/mol. The fraction of sp³-hybridized carbons (Fsp3) is 0.404. The summed E-state index contributed by atoms with van der Waals surface area (Å²) < 4.78 is 6.56. The van der Waals surface area contributed by atoms with Crippen LogP contribution in [-0.4, -0.2) is 23.1 Å². The van der Waals surface area contributed by atoms with Crippen LogP contribution in [0.3, 0.4) is 0 Å². The number of rotatable bonds is 5. The smallest absolute Gasteiger partial charge is 0.111 e. The van der Waals surface area contributed by atoms with E-state index in [1.807, 2.05) is 0 Å². The van der Waals surface area contributed by atoms with Gasteiger partial charge in [-0.15, -0.1) is 0 Å². The molecular weight excluding hydrogens is 729 g/mol. The molecule has 1 fully saturated rings. The summed E-state index contributed by atoms with van der Waals surface area (Å²) >= 11 is 0. The second kappa shape index (κ2) is 15.2. The van der Waals surface area contributed by atoms with Gasteiger partial charge in [0.25, 0.3) is 0 Å². The Morgan fingerprint density at radius 2 is 1.72 bits per heavy atom. The zero-order valence-corrected chi connectivity index (χ0v) is 35.3. The molecule has 1 saturated heterocycles. The highest BCUT2D eigenvalue weighted by molar-refractivity contribution is 5.55. The molecule has 0 spiro atoms. The van der Waals surface area contributed by atoms with Gasteiger partial charge in [0, 0.05) is 29.1 Å². The third-order valence-electron chi connectivity index (χ3n) is 16.3. The molecule has 1 aromatic rings. The maximum atomic E-state index is 6.56. The lowest BCUT2D eigenvalue weighted by Crippen LogP contribution is -2.39. The summed E-state index contributed by atoms with van der Waals surface area (Å²) in [5.41, 5.74) is 15.1. The highest BCUT2D eigenvalue weighted by atomic mass is 16.5. The summed E-state index contributed by atoms with van der Waals surface area (Å²) in [7, 11) is 0. The number of nitrogens with one attached hydrogen (secondary N) is 1. The predicted octanol–water partition coefficient (Wildman–Crippen LogP) is 12.7. The van der Waals surface area contributed by atoms with E-state index < -0.39 is 0 Å². The highest BCUT2D eigenvalue weighted by Gasteiger charge is 2.46. The normalized spacial score (nSPS) is 37.1. The molecule has 1 N–H and O–H groups in total. The minimum atomic E-state index is 0.180. The van der Waals surface area contributed by atoms with Crippen LogP contribution < -0.4 is 5.32 Å². The third kappa shape index (κ3) is 6.32. The van der Waals surface area contributed by atoms with Crippen LogP contribution in [0.15, 0.2) is 190 Å². The maximum absolute atomic E-state index is 6.56. The molecule has 11 unspecified atom stereocenters. The van der Waals surface area contributed by atoms with Crippen molar-refractivity contribution in [1.82, 2.24) is 10.2 Å². The standard InChI is InChI=1S/C57H60N2O/c1-36-44-27-24-39(30-49(44)45-19-9-8-18-41(45)32-48(36)42-26-29-56-51(33-42)47-21-11-13-23-55(47)60-56)40-25-28-54-50(31-40)46-20-10-12-22-53(46)59(54)57-35-43(37-14-4-2-5-15-37)34-52(58-57)38-16-6-3-7-17-38/h2,4,6,8-11,13-14,16-21,23-24,27-28,30,33-36,40,42,44,47-50,52,55-56,58H,3,5,7,12,15,22,25-26,29,31-32H2,1H3. The first kappa shape index (κ1) is 36.9. The van der Waals surface area contributed by atoms with Crippen molar-refractivity contribution in [3.05, 3.63) is 201 Å². The van der Waals surface area contributed by atoms with Crippen LogP contribution in [0.25, 0.3) is 0 Å². The number of dihydropyridines is 1. The molecule has 0 bridgehead atoms. The molecule has 60 heavy (non-hydrogen) atoms. The van der Waals surface area contributed by atoms with Crippen molar-refractivity contribution in [3.8, 4) is 0 Å². The first-order chi connectivity index (χ1) is 29.6. The van der Waals surface area contributed by atoms with Crippen molar-refractivity contribution < 1.29 is 4.74 Å². The van der Waals surface area contributed by atoms with Gasteiger partial charge in [0.2, 0.25) is 0 Å². The van der Waals surface area contributed by atoms with E-state index in [4.69, 9.17) is 4.74 Å². The fourth-order valence-electron chi connectivity index (χ4n) is 13.3. The monoisotopic (exact) mass is 788 g/mol. The van der Waals surface area contributed by atoms with Crippen LogP contribution in [0, 0.1) is 41.4 Å². The van der Waals surface area contributed by atoms with Gasteiger partial charge in [0.15, 0.2) is 0 Å². The van der Waals surface area contributed by atoms with Crippen molar-refractivity contribution in [3.63, 3.8) is 0 Å². The Hall–Kier alpha value is -4.86. The Morgan fingerprint density at radius 1 is 0.800 bits per heavy atom. The minimum absolute atomic E-state index is 0.180. The summed E-state index contributed by atoms with van der Waals surface area (Å²) in [6.07, 6.45) is 59.4. The quantitative estimate of drug-likeness (QED) is 0.301. The number of hydrogen-bond acceptors (Lipinski definition) is 3. The number of ether oxygens (including phenoxy) is 1. The van der Waals surface area contributed by atoms with E-state index in [-0.39, 0.29) is 12.1 Å². The summed E-state index contributed by atoms with van der Waals surface area (Å²) in [4.78, 5) is 2.68. The van der Waals surface area contributed by atoms with Crippen LogP contribution in [0.4, 0.5) is 0 Å². The van der Waals surface area contributed by atoms with Crippen molar-refractivity contribution >= 4 is 0 Å². The molecule has 3 aliphatic heterocycles. The van der Waals surface area contributed by atoms with Crippen molar-refractivity contribution in [2.24, 2.45) is 41.4 Å². The van der Waals surface area contributed by atoms with Gasteiger partial charge in [0.05, 0.1) is 18.2 Å². The van der Waals surface area contributed by atoms with Crippen LogP contribution in [0.2, 0.25) is 0 Å². The first-order valence-corrected chi connectivity index (χ1v) is 23.7. The molecule has 3 nitrogen and oxygen atoms in total. The zero-order valence-electron chi connectivity index (χ0n) is 35.3. The number of fused-ring (bicyclic) bond motifs is 8. The molecular formula is C57H60N2O. The van der Waals surface area contributed by atoms with Crippen molar-refractivity contribution in [1.29, 1.82) is 0 Å². The molecule has 0 amide bonds. The molecule has 8 aliphatic carbocycles. The fourth-order valence-corrected chi connectivity index (χ4v) is 13.3. The SMILES string of the molecule is CC1C2C=CC(C3CC=C4C(C3)C3=C(CCC=C3)N4C3=CC(C4=CC=CCC4)=CC(C4=CCCC=C4)N3)=CC2c2ccccc2CC1C1C=C2C(CC1)OC1C=CC=CC21. The topological polar surface area (TPSA) is 24.5 Å². The number of hydrogen-bond donors (Lipinski definition) is 1. The lowest BCUT2D eigenvalue weighted by Gasteiger charge is -2.39. The molecule has 0 radical (unpaired) electrons. The molecule has 11 atom stereocenters. The Kier molecular flexibility index (Phi) is 9.39. The van der Waals surface area contributed by atoms with Gasteiger partial charge in [-0.05, 0) is 151 Å². The Bertz CT molecular complexity index is 2410. The summed E-state index contributed by atoms with van der Waals surface area (Å²) in [6, 6.07) is 9.70. The van der Waals surface area contributed by atoms with E-state index in [1.165, 1.54) is 53.2 Å². The summed E-state index contributed by atoms with van der Waals surface area (Å²) in [6.45, 7) is 2.59. The molecule has 304 valence electrons. The molecule has 3 heterocycles. The molecule has 3 heteroatoms. The summed E-state index contributed by atoms with van der Waals surface area (Å²) in [5, 5.41) is 4.08. The molecule has 11 aliphatic rings.